The molecule has 0 aromatic heterocycles. The molecule has 0 aliphatic rings. The lowest BCUT2D eigenvalue weighted by molar-refractivity contribution is 0.0544. The Morgan fingerprint density at radius 3 is 2.55 bits per heavy atom. The van der Waals surface area contributed by atoms with E-state index in [2.05, 4.69) is 12.2 Å². The lowest BCUT2D eigenvalue weighted by Gasteiger charge is -2.15. The monoisotopic (exact) mass is 283 g/mol. The molecule has 0 saturated heterocycles. The first kappa shape index (κ1) is 16.9. The van der Waals surface area contributed by atoms with E-state index in [9.17, 15) is 4.39 Å². The molecule has 3 nitrogen and oxygen atoms in total. The Kier molecular flexibility index (Phi) is 7.55. The van der Waals surface area contributed by atoms with Gasteiger partial charge in [0, 0.05) is 6.04 Å². The van der Waals surface area contributed by atoms with Crippen molar-refractivity contribution >= 4 is 0 Å². The van der Waals surface area contributed by atoms with Gasteiger partial charge in [-0.2, -0.15) is 0 Å². The van der Waals surface area contributed by atoms with Crippen molar-refractivity contribution in [3.8, 4) is 5.75 Å². The highest BCUT2D eigenvalue weighted by Gasteiger charge is 2.09. The maximum Gasteiger partial charge on any atom is 0.165 e. The Morgan fingerprint density at radius 2 is 1.95 bits per heavy atom. The quantitative estimate of drug-likeness (QED) is 0.701. The van der Waals surface area contributed by atoms with Crippen molar-refractivity contribution in [2.45, 2.75) is 46.3 Å². The van der Waals surface area contributed by atoms with Crippen LogP contribution in [0.1, 0.15) is 45.7 Å². The summed E-state index contributed by atoms with van der Waals surface area (Å²) in [5.74, 6) is -0.0407. The van der Waals surface area contributed by atoms with Crippen LogP contribution in [0.3, 0.4) is 0 Å². The average Bonchev–Trinajstić information content (AvgIpc) is 2.42. The molecule has 0 aliphatic carbocycles. The summed E-state index contributed by atoms with van der Waals surface area (Å²) in [6, 6.07) is 5.26. The maximum absolute atomic E-state index is 13.9. The van der Waals surface area contributed by atoms with Crippen LogP contribution in [-0.4, -0.2) is 25.9 Å². The fourth-order valence-corrected chi connectivity index (χ4v) is 1.82. The van der Waals surface area contributed by atoms with E-state index in [0.717, 1.165) is 18.5 Å². The zero-order chi connectivity index (χ0) is 15.0. The summed E-state index contributed by atoms with van der Waals surface area (Å²) < 4.78 is 24.7. The fourth-order valence-electron chi connectivity index (χ4n) is 1.82. The number of benzene rings is 1. The molecule has 1 rings (SSSR count). The van der Waals surface area contributed by atoms with Gasteiger partial charge in [0.15, 0.2) is 11.6 Å². The van der Waals surface area contributed by atoms with Gasteiger partial charge in [-0.15, -0.1) is 0 Å². The van der Waals surface area contributed by atoms with Crippen LogP contribution in [0, 0.1) is 5.82 Å². The normalized spacial score (nSPS) is 12.7. The molecule has 0 saturated carbocycles. The van der Waals surface area contributed by atoms with Crippen LogP contribution in [0.5, 0.6) is 5.75 Å². The van der Waals surface area contributed by atoms with E-state index in [1.54, 1.807) is 6.07 Å². The van der Waals surface area contributed by atoms with Gasteiger partial charge in [-0.1, -0.05) is 13.0 Å². The van der Waals surface area contributed by atoms with Gasteiger partial charge in [0.2, 0.25) is 0 Å². The van der Waals surface area contributed by atoms with E-state index in [0.29, 0.717) is 13.2 Å². The van der Waals surface area contributed by atoms with Crippen LogP contribution in [0.2, 0.25) is 0 Å². The second kappa shape index (κ2) is 8.93. The highest BCUT2D eigenvalue weighted by molar-refractivity contribution is 5.30. The van der Waals surface area contributed by atoms with Crippen molar-refractivity contribution in [1.29, 1.82) is 0 Å². The van der Waals surface area contributed by atoms with Gasteiger partial charge in [0.25, 0.3) is 0 Å². The Hall–Kier alpha value is -1.13. The maximum atomic E-state index is 13.9. The van der Waals surface area contributed by atoms with Gasteiger partial charge >= 0.3 is 0 Å². The number of hydrogen-bond acceptors (Lipinski definition) is 3. The molecule has 0 radical (unpaired) electrons. The van der Waals surface area contributed by atoms with Gasteiger partial charge in [-0.3, -0.25) is 0 Å². The minimum Gasteiger partial charge on any atom is -0.488 e. The van der Waals surface area contributed by atoms with Crippen molar-refractivity contribution < 1.29 is 13.9 Å². The van der Waals surface area contributed by atoms with Gasteiger partial charge in [0.1, 0.15) is 6.61 Å². The molecule has 0 bridgehead atoms. The lowest BCUT2D eigenvalue weighted by atomic mass is 10.1. The first-order valence-corrected chi connectivity index (χ1v) is 7.31. The minimum atomic E-state index is -0.322. The second-order valence-corrected chi connectivity index (χ2v) is 5.13. The van der Waals surface area contributed by atoms with Crippen molar-refractivity contribution in [2.75, 3.05) is 19.8 Å². The Bertz CT molecular complexity index is 396. The van der Waals surface area contributed by atoms with Crippen LogP contribution < -0.4 is 10.1 Å². The smallest absolute Gasteiger partial charge is 0.165 e. The Morgan fingerprint density at radius 1 is 1.20 bits per heavy atom. The van der Waals surface area contributed by atoms with Crippen molar-refractivity contribution in [3.63, 3.8) is 0 Å². The first-order valence-electron chi connectivity index (χ1n) is 7.31. The van der Waals surface area contributed by atoms with Crippen LogP contribution in [-0.2, 0) is 4.74 Å². The third kappa shape index (κ3) is 5.88. The van der Waals surface area contributed by atoms with E-state index in [1.165, 1.54) is 6.07 Å². The van der Waals surface area contributed by atoms with E-state index in [-0.39, 0.29) is 23.7 Å². The van der Waals surface area contributed by atoms with E-state index in [4.69, 9.17) is 9.47 Å². The largest absolute Gasteiger partial charge is 0.488 e. The summed E-state index contributed by atoms with van der Waals surface area (Å²) in [5.41, 5.74) is 0.932. The SMILES string of the molecule is CCCNC(C)c1ccc(OCCOC(C)C)c(F)c1. The third-order valence-corrected chi connectivity index (χ3v) is 2.95. The summed E-state index contributed by atoms with van der Waals surface area (Å²) in [4.78, 5) is 0. The zero-order valence-electron chi connectivity index (χ0n) is 12.9. The van der Waals surface area contributed by atoms with E-state index in [1.807, 2.05) is 26.8 Å². The molecule has 1 atom stereocenters. The predicted molar refractivity (Wildman–Crippen MR) is 79.7 cm³/mol. The molecule has 0 aliphatic heterocycles. The molecule has 0 spiro atoms. The first-order chi connectivity index (χ1) is 9.54. The molecule has 1 N–H and O–H groups in total. The molecule has 114 valence electrons. The summed E-state index contributed by atoms with van der Waals surface area (Å²) in [6.45, 7) is 9.80. The summed E-state index contributed by atoms with van der Waals surface area (Å²) in [7, 11) is 0. The fraction of sp³-hybridized carbons (Fsp3) is 0.625. The van der Waals surface area contributed by atoms with Crippen LogP contribution >= 0.6 is 0 Å². The third-order valence-electron chi connectivity index (χ3n) is 2.95. The lowest BCUT2D eigenvalue weighted by Crippen LogP contribution is -2.19. The van der Waals surface area contributed by atoms with Crippen molar-refractivity contribution in [3.05, 3.63) is 29.6 Å². The minimum absolute atomic E-state index is 0.141. The number of nitrogens with one attached hydrogen (secondary N) is 1. The average molecular weight is 283 g/mol. The van der Waals surface area contributed by atoms with Gasteiger partial charge < -0.3 is 14.8 Å². The van der Waals surface area contributed by atoms with Crippen LogP contribution in [0.25, 0.3) is 0 Å². The Balaban J connectivity index is 2.50. The molecule has 0 heterocycles. The highest BCUT2D eigenvalue weighted by Crippen LogP contribution is 2.22. The van der Waals surface area contributed by atoms with Gasteiger partial charge in [-0.05, 0) is 51.4 Å². The number of rotatable bonds is 9. The van der Waals surface area contributed by atoms with Crippen molar-refractivity contribution in [1.82, 2.24) is 5.32 Å². The molecule has 1 aromatic rings. The van der Waals surface area contributed by atoms with E-state index >= 15 is 0 Å². The molecule has 1 unspecified atom stereocenters. The molecule has 0 amide bonds. The molecule has 1 aromatic carbocycles. The summed E-state index contributed by atoms with van der Waals surface area (Å²) in [6.07, 6.45) is 1.22. The standard InChI is InChI=1S/C16H26FNO2/c1-5-8-18-13(4)14-6-7-16(15(17)11-14)20-10-9-19-12(2)3/h6-7,11-13,18H,5,8-10H2,1-4H3. The van der Waals surface area contributed by atoms with Gasteiger partial charge in [0.05, 0.1) is 12.7 Å². The van der Waals surface area contributed by atoms with E-state index < -0.39 is 0 Å². The topological polar surface area (TPSA) is 30.5 Å². The Labute approximate surface area is 121 Å². The summed E-state index contributed by atoms with van der Waals surface area (Å²) in [5, 5.41) is 3.33. The van der Waals surface area contributed by atoms with Crippen LogP contribution in [0.15, 0.2) is 18.2 Å². The van der Waals surface area contributed by atoms with Gasteiger partial charge in [-0.25, -0.2) is 4.39 Å². The molecular weight excluding hydrogens is 257 g/mol. The predicted octanol–water partition coefficient (Wildman–Crippen LogP) is 3.69. The molecule has 0 fully saturated rings. The zero-order valence-corrected chi connectivity index (χ0v) is 12.9. The molecule has 4 heteroatoms. The number of ether oxygens (including phenoxy) is 2. The molecule has 20 heavy (non-hydrogen) atoms. The number of halogens is 1. The second-order valence-electron chi connectivity index (χ2n) is 5.13. The van der Waals surface area contributed by atoms with Crippen LogP contribution in [0.4, 0.5) is 4.39 Å². The molecular formula is C16H26FNO2. The highest BCUT2D eigenvalue weighted by atomic mass is 19.1. The number of hydrogen-bond donors (Lipinski definition) is 1. The van der Waals surface area contributed by atoms with Crippen molar-refractivity contribution in [2.24, 2.45) is 0 Å². The summed E-state index contributed by atoms with van der Waals surface area (Å²) >= 11 is 0.